The number of carbonyl (C=O) groups is 1. The molecule has 0 fully saturated rings. The second kappa shape index (κ2) is 7.11. The number of rotatable bonds is 5. The van der Waals surface area contributed by atoms with Crippen LogP contribution in [0.2, 0.25) is 0 Å². The standard InChI is InChI=1S/C14H18O3S/c1-4-13(17-12(3)15)9-10-18(16)14-7-5-11(2)6-8-14/h5-10,13H,4H2,1-3H3/b10-9+/t13-,18?/m0/s1. The van der Waals surface area contributed by atoms with Crippen LogP contribution in [-0.2, 0) is 20.3 Å². The summed E-state index contributed by atoms with van der Waals surface area (Å²) in [5, 5.41) is 1.57. The van der Waals surface area contributed by atoms with Gasteiger partial charge in [0, 0.05) is 17.2 Å². The Hall–Kier alpha value is -1.42. The summed E-state index contributed by atoms with van der Waals surface area (Å²) in [5.41, 5.74) is 1.13. The first-order valence-electron chi connectivity index (χ1n) is 5.85. The van der Waals surface area contributed by atoms with Gasteiger partial charge in [0.25, 0.3) is 0 Å². The minimum absolute atomic E-state index is 0.308. The Kier molecular flexibility index (Phi) is 5.78. The second-order valence-corrected chi connectivity index (χ2v) is 5.33. The molecule has 98 valence electrons. The van der Waals surface area contributed by atoms with Crippen molar-refractivity contribution in [3.63, 3.8) is 0 Å². The Morgan fingerprint density at radius 2 is 2.00 bits per heavy atom. The molecule has 0 aromatic heterocycles. The van der Waals surface area contributed by atoms with Crippen LogP contribution < -0.4 is 0 Å². The van der Waals surface area contributed by atoms with Gasteiger partial charge in [-0.25, -0.2) is 4.21 Å². The van der Waals surface area contributed by atoms with E-state index in [4.69, 9.17) is 4.74 Å². The van der Waals surface area contributed by atoms with Crippen molar-refractivity contribution < 1.29 is 13.7 Å². The van der Waals surface area contributed by atoms with Gasteiger partial charge in [-0.3, -0.25) is 4.79 Å². The van der Waals surface area contributed by atoms with E-state index in [1.165, 1.54) is 6.92 Å². The predicted octanol–water partition coefficient (Wildman–Crippen LogP) is 2.96. The summed E-state index contributed by atoms with van der Waals surface area (Å²) in [6.07, 6.45) is 2.04. The minimum atomic E-state index is -1.20. The van der Waals surface area contributed by atoms with Crippen molar-refractivity contribution in [2.75, 3.05) is 0 Å². The summed E-state index contributed by atoms with van der Waals surface area (Å²) in [7, 11) is -1.20. The van der Waals surface area contributed by atoms with Gasteiger partial charge in [-0.05, 0) is 31.6 Å². The maximum atomic E-state index is 11.9. The van der Waals surface area contributed by atoms with E-state index in [0.717, 1.165) is 10.5 Å². The summed E-state index contributed by atoms with van der Waals surface area (Å²) < 4.78 is 17.0. The highest BCUT2D eigenvalue weighted by Crippen LogP contribution is 2.10. The number of ether oxygens (including phenoxy) is 1. The Balaban J connectivity index is 2.68. The average Bonchev–Trinajstić information content (AvgIpc) is 2.34. The number of aryl methyl sites for hydroxylation is 1. The lowest BCUT2D eigenvalue weighted by atomic mass is 10.2. The highest BCUT2D eigenvalue weighted by Gasteiger charge is 2.06. The fraction of sp³-hybridized carbons (Fsp3) is 0.357. The molecule has 0 aliphatic carbocycles. The first kappa shape index (κ1) is 14.6. The van der Waals surface area contributed by atoms with Crippen molar-refractivity contribution >= 4 is 16.8 Å². The molecule has 0 aliphatic heterocycles. The molecule has 18 heavy (non-hydrogen) atoms. The number of carbonyl (C=O) groups excluding carboxylic acids is 1. The van der Waals surface area contributed by atoms with E-state index in [0.29, 0.717) is 6.42 Å². The van der Waals surface area contributed by atoms with Crippen molar-refractivity contribution in [2.24, 2.45) is 0 Å². The summed E-state index contributed by atoms with van der Waals surface area (Å²) in [5.74, 6) is -0.326. The summed E-state index contributed by atoms with van der Waals surface area (Å²) in [4.78, 5) is 11.6. The molecule has 3 nitrogen and oxygen atoms in total. The maximum absolute atomic E-state index is 11.9. The Morgan fingerprint density at radius 3 is 2.50 bits per heavy atom. The van der Waals surface area contributed by atoms with Crippen LogP contribution in [0.1, 0.15) is 25.8 Å². The lowest BCUT2D eigenvalue weighted by Crippen LogP contribution is -2.12. The van der Waals surface area contributed by atoms with E-state index in [-0.39, 0.29) is 12.1 Å². The van der Waals surface area contributed by atoms with Gasteiger partial charge in [0.15, 0.2) is 0 Å². The van der Waals surface area contributed by atoms with E-state index in [9.17, 15) is 9.00 Å². The lowest BCUT2D eigenvalue weighted by molar-refractivity contribution is -0.144. The van der Waals surface area contributed by atoms with Gasteiger partial charge in [0.2, 0.25) is 0 Å². The topological polar surface area (TPSA) is 43.4 Å². The number of esters is 1. The molecule has 0 aliphatic rings. The van der Waals surface area contributed by atoms with Crippen LogP contribution in [-0.4, -0.2) is 16.3 Å². The zero-order chi connectivity index (χ0) is 13.5. The zero-order valence-corrected chi connectivity index (χ0v) is 11.7. The fourth-order valence-corrected chi connectivity index (χ4v) is 2.26. The maximum Gasteiger partial charge on any atom is 0.303 e. The molecule has 1 rings (SSSR count). The molecular weight excluding hydrogens is 248 g/mol. The van der Waals surface area contributed by atoms with E-state index >= 15 is 0 Å². The van der Waals surface area contributed by atoms with Crippen LogP contribution in [0.4, 0.5) is 0 Å². The van der Waals surface area contributed by atoms with Gasteiger partial charge in [0.05, 0.1) is 10.8 Å². The van der Waals surface area contributed by atoms with E-state index in [1.807, 2.05) is 38.1 Å². The Morgan fingerprint density at radius 1 is 1.39 bits per heavy atom. The van der Waals surface area contributed by atoms with Gasteiger partial charge in [-0.15, -0.1) is 0 Å². The summed E-state index contributed by atoms with van der Waals surface area (Å²) in [6, 6.07) is 7.51. The quantitative estimate of drug-likeness (QED) is 0.770. The van der Waals surface area contributed by atoms with Crippen LogP contribution >= 0.6 is 0 Å². The van der Waals surface area contributed by atoms with Gasteiger partial charge >= 0.3 is 5.97 Å². The molecule has 0 radical (unpaired) electrons. The molecule has 0 saturated carbocycles. The molecular formula is C14H18O3S. The Bertz CT molecular complexity index is 449. The minimum Gasteiger partial charge on any atom is -0.458 e. The summed E-state index contributed by atoms with van der Waals surface area (Å²) >= 11 is 0. The van der Waals surface area contributed by atoms with Crippen LogP contribution in [0.5, 0.6) is 0 Å². The SMILES string of the molecule is CC[C@@H](/C=C/S(=O)c1ccc(C)cc1)OC(C)=O. The molecule has 4 heteroatoms. The van der Waals surface area contributed by atoms with Gasteiger partial charge in [0.1, 0.15) is 6.10 Å². The highest BCUT2D eigenvalue weighted by molar-refractivity contribution is 7.88. The molecule has 0 saturated heterocycles. The third-order valence-electron chi connectivity index (χ3n) is 2.39. The Labute approximate surface area is 110 Å². The molecule has 0 bridgehead atoms. The van der Waals surface area contributed by atoms with Crippen LogP contribution in [0.15, 0.2) is 40.6 Å². The number of hydrogen-bond acceptors (Lipinski definition) is 3. The molecule has 1 unspecified atom stereocenters. The fourth-order valence-electron chi connectivity index (χ4n) is 1.38. The predicted molar refractivity (Wildman–Crippen MR) is 72.6 cm³/mol. The highest BCUT2D eigenvalue weighted by atomic mass is 32.2. The van der Waals surface area contributed by atoms with Crippen LogP contribution in [0, 0.1) is 6.92 Å². The van der Waals surface area contributed by atoms with Crippen molar-refractivity contribution in [1.82, 2.24) is 0 Å². The number of hydrogen-bond donors (Lipinski definition) is 0. The first-order chi connectivity index (χ1) is 8.52. The summed E-state index contributed by atoms with van der Waals surface area (Å²) in [6.45, 7) is 5.26. The number of benzene rings is 1. The molecule has 0 spiro atoms. The average molecular weight is 266 g/mol. The third-order valence-corrected chi connectivity index (χ3v) is 3.53. The lowest BCUT2D eigenvalue weighted by Gasteiger charge is -2.09. The molecule has 2 atom stereocenters. The largest absolute Gasteiger partial charge is 0.458 e. The van der Waals surface area contributed by atoms with E-state index in [1.54, 1.807) is 11.5 Å². The van der Waals surface area contributed by atoms with Gasteiger partial charge in [-0.2, -0.15) is 0 Å². The normalized spacial score (nSPS) is 14.4. The monoisotopic (exact) mass is 266 g/mol. The van der Waals surface area contributed by atoms with Crippen LogP contribution in [0.25, 0.3) is 0 Å². The van der Waals surface area contributed by atoms with Gasteiger partial charge in [-0.1, -0.05) is 24.6 Å². The van der Waals surface area contributed by atoms with Crippen molar-refractivity contribution in [3.8, 4) is 0 Å². The smallest absolute Gasteiger partial charge is 0.303 e. The van der Waals surface area contributed by atoms with Crippen molar-refractivity contribution in [3.05, 3.63) is 41.3 Å². The van der Waals surface area contributed by atoms with Crippen molar-refractivity contribution in [2.45, 2.75) is 38.2 Å². The van der Waals surface area contributed by atoms with Gasteiger partial charge < -0.3 is 4.74 Å². The van der Waals surface area contributed by atoms with Crippen molar-refractivity contribution in [1.29, 1.82) is 0 Å². The third kappa shape index (κ3) is 4.84. The van der Waals surface area contributed by atoms with E-state index in [2.05, 4.69) is 0 Å². The molecule has 1 aromatic carbocycles. The first-order valence-corrected chi connectivity index (χ1v) is 7.07. The molecule has 0 heterocycles. The van der Waals surface area contributed by atoms with Crippen LogP contribution in [0.3, 0.4) is 0 Å². The molecule has 0 amide bonds. The second-order valence-electron chi connectivity index (χ2n) is 4.00. The van der Waals surface area contributed by atoms with E-state index < -0.39 is 10.8 Å². The zero-order valence-electron chi connectivity index (χ0n) is 10.9. The molecule has 0 N–H and O–H groups in total. The molecule has 1 aromatic rings.